The van der Waals surface area contributed by atoms with Crippen LogP contribution in [0.1, 0.15) is 44.0 Å². The molecule has 1 saturated heterocycles. The molecule has 4 rings (SSSR count). The Bertz CT molecular complexity index is 1110. The van der Waals surface area contributed by atoms with Crippen LogP contribution in [0.25, 0.3) is 10.8 Å². The smallest absolute Gasteiger partial charge is 0.410 e. The highest BCUT2D eigenvalue weighted by atomic mass is 16.6. The summed E-state index contributed by atoms with van der Waals surface area (Å²) in [5.41, 5.74) is 8.35. The molecular formula is C24H29N5O3. The van der Waals surface area contributed by atoms with E-state index in [-0.39, 0.29) is 18.0 Å². The highest BCUT2D eigenvalue weighted by molar-refractivity contribution is 6.25. The molecule has 0 saturated carbocycles. The largest absolute Gasteiger partial charge is 0.444 e. The second-order valence-electron chi connectivity index (χ2n) is 9.07. The summed E-state index contributed by atoms with van der Waals surface area (Å²) in [5, 5.41) is 8.06. The molecular weight excluding hydrogens is 406 g/mol. The average molecular weight is 436 g/mol. The quantitative estimate of drug-likeness (QED) is 0.627. The first-order valence-corrected chi connectivity index (χ1v) is 10.8. The molecule has 0 aliphatic carbocycles. The van der Waals surface area contributed by atoms with Gasteiger partial charge in [0.05, 0.1) is 11.7 Å². The van der Waals surface area contributed by atoms with Crippen LogP contribution in [0.4, 0.5) is 16.2 Å². The van der Waals surface area contributed by atoms with Crippen molar-refractivity contribution < 1.29 is 14.3 Å². The van der Waals surface area contributed by atoms with Crippen LogP contribution in [0.3, 0.4) is 0 Å². The molecule has 0 radical (unpaired) electrons. The predicted molar refractivity (Wildman–Crippen MR) is 127 cm³/mol. The SMILES string of the molecule is CC(C)(C)OC(=O)N1CCC(N=CC(=CN)Nc2ccc3c4c(cccc24)C(=O)N3)CC1. The molecule has 0 unspecified atom stereocenters. The van der Waals surface area contributed by atoms with Crippen LogP contribution in [0.15, 0.2) is 47.2 Å². The Morgan fingerprint density at radius 2 is 2.00 bits per heavy atom. The monoisotopic (exact) mass is 435 g/mol. The number of nitrogens with zero attached hydrogens (tertiary/aromatic N) is 2. The molecule has 2 aliphatic rings. The van der Waals surface area contributed by atoms with Crippen LogP contribution in [-0.4, -0.2) is 47.8 Å². The Labute approximate surface area is 187 Å². The van der Waals surface area contributed by atoms with Crippen LogP contribution in [-0.2, 0) is 4.74 Å². The first-order valence-electron chi connectivity index (χ1n) is 10.8. The number of likely N-dealkylation sites (tertiary alicyclic amines) is 1. The fourth-order valence-electron chi connectivity index (χ4n) is 3.98. The van der Waals surface area contributed by atoms with Gasteiger partial charge in [-0.2, -0.15) is 0 Å². The number of hydrogen-bond donors (Lipinski definition) is 3. The van der Waals surface area contributed by atoms with Crippen molar-refractivity contribution in [3.63, 3.8) is 0 Å². The zero-order chi connectivity index (χ0) is 22.9. The zero-order valence-corrected chi connectivity index (χ0v) is 18.6. The minimum Gasteiger partial charge on any atom is -0.444 e. The summed E-state index contributed by atoms with van der Waals surface area (Å²) in [4.78, 5) is 30.8. The maximum atomic E-state index is 12.2. The van der Waals surface area contributed by atoms with Gasteiger partial charge in [0.25, 0.3) is 5.91 Å². The van der Waals surface area contributed by atoms with Gasteiger partial charge in [0.1, 0.15) is 5.60 Å². The van der Waals surface area contributed by atoms with Crippen LogP contribution >= 0.6 is 0 Å². The minimum atomic E-state index is -0.495. The first kappa shape index (κ1) is 21.7. The van der Waals surface area contributed by atoms with Gasteiger partial charge in [0.2, 0.25) is 0 Å². The summed E-state index contributed by atoms with van der Waals surface area (Å²) >= 11 is 0. The first-order chi connectivity index (χ1) is 15.2. The Kier molecular flexibility index (Phi) is 5.78. The van der Waals surface area contributed by atoms with E-state index >= 15 is 0 Å². The second-order valence-corrected chi connectivity index (χ2v) is 9.07. The highest BCUT2D eigenvalue weighted by Gasteiger charge is 2.26. The van der Waals surface area contributed by atoms with Crippen LogP contribution in [0.5, 0.6) is 0 Å². The number of nitrogens with two attached hydrogens (primary N) is 1. The van der Waals surface area contributed by atoms with E-state index in [1.165, 1.54) is 6.20 Å². The van der Waals surface area contributed by atoms with Crippen molar-refractivity contribution in [3.8, 4) is 0 Å². The lowest BCUT2D eigenvalue weighted by Crippen LogP contribution is -2.42. The second kappa shape index (κ2) is 8.53. The van der Waals surface area contributed by atoms with Crippen LogP contribution in [0, 0.1) is 0 Å². The summed E-state index contributed by atoms with van der Waals surface area (Å²) in [5.74, 6) is -0.0865. The van der Waals surface area contributed by atoms with Crippen molar-refractivity contribution in [2.75, 3.05) is 23.7 Å². The molecule has 8 nitrogen and oxygen atoms in total. The Balaban J connectivity index is 1.40. The van der Waals surface area contributed by atoms with Gasteiger partial charge in [-0.15, -0.1) is 0 Å². The zero-order valence-electron chi connectivity index (χ0n) is 18.6. The molecule has 4 N–H and O–H groups in total. The van der Waals surface area contributed by atoms with Crippen molar-refractivity contribution >= 4 is 40.4 Å². The van der Waals surface area contributed by atoms with E-state index in [1.807, 2.05) is 51.1 Å². The van der Waals surface area contributed by atoms with Crippen molar-refractivity contribution in [2.24, 2.45) is 10.7 Å². The van der Waals surface area contributed by atoms with Crippen molar-refractivity contribution in [2.45, 2.75) is 45.3 Å². The van der Waals surface area contributed by atoms with Gasteiger partial charge < -0.3 is 26.0 Å². The molecule has 1 fully saturated rings. The maximum Gasteiger partial charge on any atom is 0.410 e. The van der Waals surface area contributed by atoms with E-state index in [0.29, 0.717) is 24.4 Å². The summed E-state index contributed by atoms with van der Waals surface area (Å²) in [6, 6.07) is 9.59. The molecule has 0 bridgehead atoms. The lowest BCUT2D eigenvalue weighted by Gasteiger charge is -2.32. The summed E-state index contributed by atoms with van der Waals surface area (Å²) < 4.78 is 5.44. The third kappa shape index (κ3) is 4.54. The Hall–Kier alpha value is -3.55. The number of hydrogen-bond acceptors (Lipinski definition) is 6. The number of piperidine rings is 1. The number of anilines is 2. The standard InChI is InChI=1S/C24H29N5O3/c1-24(2,3)32-23(31)29-11-9-15(10-12-29)26-14-16(13-25)27-19-7-8-20-21-17(19)5-4-6-18(21)22(30)28-20/h4-8,13-15,27H,9-12,25H2,1-3H3,(H,28,30). The molecule has 2 aliphatic heterocycles. The molecule has 0 aromatic heterocycles. The molecule has 0 atom stereocenters. The van der Waals surface area contributed by atoms with Crippen molar-refractivity contribution in [1.82, 2.24) is 4.90 Å². The van der Waals surface area contributed by atoms with Gasteiger partial charge in [0, 0.05) is 53.2 Å². The van der Waals surface area contributed by atoms with E-state index in [4.69, 9.17) is 10.5 Å². The van der Waals surface area contributed by atoms with Crippen molar-refractivity contribution in [3.05, 3.63) is 47.8 Å². The fourth-order valence-corrected chi connectivity index (χ4v) is 3.98. The molecule has 32 heavy (non-hydrogen) atoms. The number of amides is 2. The van der Waals surface area contributed by atoms with E-state index in [1.54, 1.807) is 11.1 Å². The summed E-state index contributed by atoms with van der Waals surface area (Å²) in [6.07, 6.45) is 4.47. The lowest BCUT2D eigenvalue weighted by molar-refractivity contribution is 0.0207. The maximum absolute atomic E-state index is 12.2. The topological polar surface area (TPSA) is 109 Å². The molecule has 2 aromatic rings. The molecule has 2 amide bonds. The lowest BCUT2D eigenvalue weighted by atomic mass is 10.0. The molecule has 8 heteroatoms. The van der Waals surface area contributed by atoms with Gasteiger partial charge in [0.15, 0.2) is 0 Å². The van der Waals surface area contributed by atoms with Gasteiger partial charge >= 0.3 is 6.09 Å². The third-order valence-electron chi connectivity index (χ3n) is 5.53. The normalized spacial score (nSPS) is 17.2. The van der Waals surface area contributed by atoms with Gasteiger partial charge in [-0.3, -0.25) is 9.79 Å². The highest BCUT2D eigenvalue weighted by Crippen LogP contribution is 2.37. The van der Waals surface area contributed by atoms with Gasteiger partial charge in [-0.05, 0) is 51.8 Å². The number of allylic oxidation sites excluding steroid dienone is 1. The number of ether oxygens (including phenoxy) is 1. The molecule has 0 spiro atoms. The minimum absolute atomic E-state index is 0.0865. The number of aliphatic imine (C=N–C) groups is 1. The number of benzene rings is 2. The van der Waals surface area contributed by atoms with Gasteiger partial charge in [-0.25, -0.2) is 4.79 Å². The van der Waals surface area contributed by atoms with E-state index in [0.717, 1.165) is 35.0 Å². The van der Waals surface area contributed by atoms with Crippen LogP contribution in [0.2, 0.25) is 0 Å². The molecule has 2 aromatic carbocycles. The number of carbonyl (C=O) groups is 2. The van der Waals surface area contributed by atoms with Crippen LogP contribution < -0.4 is 16.4 Å². The fraction of sp³-hybridized carbons (Fsp3) is 0.375. The third-order valence-corrected chi connectivity index (χ3v) is 5.53. The molecule has 2 heterocycles. The Morgan fingerprint density at radius 1 is 1.25 bits per heavy atom. The number of rotatable bonds is 4. The van der Waals surface area contributed by atoms with Crippen molar-refractivity contribution in [1.29, 1.82) is 0 Å². The number of nitrogens with one attached hydrogen (secondary N) is 2. The van der Waals surface area contributed by atoms with E-state index in [2.05, 4.69) is 15.6 Å². The summed E-state index contributed by atoms with van der Waals surface area (Å²) in [6.45, 7) is 6.83. The van der Waals surface area contributed by atoms with E-state index in [9.17, 15) is 9.59 Å². The van der Waals surface area contributed by atoms with E-state index < -0.39 is 5.60 Å². The summed E-state index contributed by atoms with van der Waals surface area (Å²) in [7, 11) is 0. The number of carbonyl (C=O) groups excluding carboxylic acids is 2. The average Bonchev–Trinajstić information content (AvgIpc) is 3.09. The Morgan fingerprint density at radius 3 is 2.69 bits per heavy atom. The molecule has 168 valence electrons. The predicted octanol–water partition coefficient (Wildman–Crippen LogP) is 4.09. The van der Waals surface area contributed by atoms with Gasteiger partial charge in [-0.1, -0.05) is 12.1 Å².